The number of aromatic nitrogens is 4. The van der Waals surface area contributed by atoms with Gasteiger partial charge >= 0.3 is 6.18 Å². The minimum Gasteiger partial charge on any atom is -0.245 e. The second kappa shape index (κ2) is 7.33. The minimum atomic E-state index is -4.65. The number of thiazole rings is 1. The van der Waals surface area contributed by atoms with Gasteiger partial charge in [0.15, 0.2) is 21.3 Å². The summed E-state index contributed by atoms with van der Waals surface area (Å²) in [5.41, 5.74) is 2.89. The van der Waals surface area contributed by atoms with Crippen LogP contribution >= 0.6 is 11.3 Å². The van der Waals surface area contributed by atoms with Crippen LogP contribution in [0, 0.1) is 0 Å². The predicted octanol–water partition coefficient (Wildman–Crippen LogP) is 4.48. The first-order chi connectivity index (χ1) is 14.1. The fraction of sp³-hybridized carbons (Fsp3) is 0.105. The summed E-state index contributed by atoms with van der Waals surface area (Å²) in [7, 11) is -3.49. The van der Waals surface area contributed by atoms with E-state index in [4.69, 9.17) is 0 Å². The Morgan fingerprint density at radius 3 is 2.23 bits per heavy atom. The molecule has 0 saturated carbocycles. The summed E-state index contributed by atoms with van der Waals surface area (Å²) in [5.74, 6) is 0.0662. The maximum atomic E-state index is 13.3. The van der Waals surface area contributed by atoms with Crippen molar-refractivity contribution >= 4 is 21.2 Å². The monoisotopic (exact) mass is 450 g/mol. The number of benzene rings is 1. The molecule has 6 nitrogen and oxygen atoms in total. The van der Waals surface area contributed by atoms with Gasteiger partial charge in [0.1, 0.15) is 0 Å². The smallest absolute Gasteiger partial charge is 0.245 e. The van der Waals surface area contributed by atoms with Gasteiger partial charge in [-0.1, -0.05) is 24.3 Å². The van der Waals surface area contributed by atoms with Crippen molar-refractivity contribution in [1.29, 1.82) is 0 Å². The lowest BCUT2D eigenvalue weighted by Crippen LogP contribution is -2.08. The lowest BCUT2D eigenvalue weighted by atomic mass is 10.1. The molecule has 0 aliphatic heterocycles. The zero-order chi connectivity index (χ0) is 21.5. The largest absolute Gasteiger partial charge is 0.435 e. The van der Waals surface area contributed by atoms with Gasteiger partial charge < -0.3 is 0 Å². The number of halogens is 3. The Morgan fingerprint density at radius 2 is 1.70 bits per heavy atom. The summed E-state index contributed by atoms with van der Waals surface area (Å²) in [6.45, 7) is 0. The molecule has 0 atom stereocenters. The molecule has 1 aromatic carbocycles. The van der Waals surface area contributed by atoms with Crippen LogP contribution in [0.15, 0.2) is 64.4 Å². The van der Waals surface area contributed by atoms with Crippen LogP contribution in [0.1, 0.15) is 5.69 Å². The minimum absolute atomic E-state index is 0.0383. The third-order valence-corrected chi connectivity index (χ3v) is 5.96. The number of alkyl halides is 3. The number of rotatable bonds is 4. The average Bonchev–Trinajstić information content (AvgIpc) is 3.37. The molecule has 0 aliphatic rings. The van der Waals surface area contributed by atoms with Gasteiger partial charge in [0.25, 0.3) is 0 Å². The molecule has 3 aromatic heterocycles. The quantitative estimate of drug-likeness (QED) is 0.458. The first-order valence-corrected chi connectivity index (χ1v) is 11.3. The van der Waals surface area contributed by atoms with E-state index in [1.807, 2.05) is 5.38 Å². The Bertz CT molecular complexity index is 1280. The molecule has 3 heterocycles. The van der Waals surface area contributed by atoms with Gasteiger partial charge in [0.05, 0.1) is 21.8 Å². The normalized spacial score (nSPS) is 12.3. The van der Waals surface area contributed by atoms with Crippen molar-refractivity contribution in [3.05, 3.63) is 65.2 Å². The number of hydrogen-bond donors (Lipinski definition) is 0. The molecule has 0 amide bonds. The molecule has 4 aromatic rings. The summed E-state index contributed by atoms with van der Waals surface area (Å²) in [6.07, 6.45) is -2.53. The zero-order valence-electron chi connectivity index (χ0n) is 15.3. The van der Waals surface area contributed by atoms with Crippen LogP contribution < -0.4 is 0 Å². The third-order valence-electron chi connectivity index (χ3n) is 4.27. The predicted molar refractivity (Wildman–Crippen MR) is 106 cm³/mol. The maximum Gasteiger partial charge on any atom is 0.435 e. The van der Waals surface area contributed by atoms with Crippen LogP contribution in [0.4, 0.5) is 13.2 Å². The highest BCUT2D eigenvalue weighted by molar-refractivity contribution is 7.90. The van der Waals surface area contributed by atoms with Crippen molar-refractivity contribution in [3.63, 3.8) is 0 Å². The SMILES string of the molecule is CS(=O)(=O)c1ccc(-n2nc(C(F)(F)F)cc2-c2ccc(-c3cscn3)cc2)nc1. The molecule has 0 bridgehead atoms. The van der Waals surface area contributed by atoms with Gasteiger partial charge in [-0.25, -0.2) is 23.1 Å². The first kappa shape index (κ1) is 20.2. The second-order valence-corrected chi connectivity index (χ2v) is 9.13. The van der Waals surface area contributed by atoms with Crippen molar-refractivity contribution in [1.82, 2.24) is 19.7 Å². The van der Waals surface area contributed by atoms with Crippen LogP contribution in [0.2, 0.25) is 0 Å². The molecular weight excluding hydrogens is 437 g/mol. The lowest BCUT2D eigenvalue weighted by Gasteiger charge is -2.08. The molecule has 154 valence electrons. The van der Waals surface area contributed by atoms with Crippen molar-refractivity contribution in [2.75, 3.05) is 6.26 Å². The highest BCUT2D eigenvalue weighted by Gasteiger charge is 2.35. The Labute approximate surface area is 173 Å². The Morgan fingerprint density at radius 1 is 1.00 bits per heavy atom. The number of hydrogen-bond acceptors (Lipinski definition) is 6. The molecule has 11 heteroatoms. The fourth-order valence-corrected chi connectivity index (χ4v) is 3.90. The second-order valence-electron chi connectivity index (χ2n) is 6.40. The van der Waals surface area contributed by atoms with E-state index in [1.165, 1.54) is 23.5 Å². The number of pyridine rings is 1. The summed E-state index contributed by atoms with van der Waals surface area (Å²) in [4.78, 5) is 8.17. The molecule has 0 N–H and O–H groups in total. The van der Waals surface area contributed by atoms with E-state index in [1.54, 1.807) is 29.8 Å². The molecular formula is C19H13F3N4O2S2. The zero-order valence-corrected chi connectivity index (χ0v) is 17.0. The van der Waals surface area contributed by atoms with Crippen LogP contribution in [-0.4, -0.2) is 34.4 Å². The van der Waals surface area contributed by atoms with E-state index >= 15 is 0 Å². The van der Waals surface area contributed by atoms with Crippen molar-refractivity contribution in [3.8, 4) is 28.3 Å². The molecule has 0 saturated heterocycles. The van der Waals surface area contributed by atoms with E-state index in [-0.39, 0.29) is 16.4 Å². The maximum absolute atomic E-state index is 13.3. The van der Waals surface area contributed by atoms with Crippen LogP contribution in [-0.2, 0) is 16.0 Å². The van der Waals surface area contributed by atoms with Crippen molar-refractivity contribution < 1.29 is 21.6 Å². The van der Waals surface area contributed by atoms with Gasteiger partial charge in [-0.3, -0.25) is 0 Å². The molecule has 4 rings (SSSR count). The third kappa shape index (κ3) is 3.98. The summed E-state index contributed by atoms with van der Waals surface area (Å²) in [5, 5.41) is 5.53. The number of nitrogens with zero attached hydrogens (tertiary/aromatic N) is 4. The van der Waals surface area contributed by atoms with Crippen molar-refractivity contribution in [2.45, 2.75) is 11.1 Å². The Hall–Kier alpha value is -3.05. The highest BCUT2D eigenvalue weighted by Crippen LogP contribution is 2.33. The lowest BCUT2D eigenvalue weighted by molar-refractivity contribution is -0.141. The standard InChI is InChI=1S/C19H13F3N4O2S2/c1-30(27,28)14-6-7-18(23-9-14)26-16(8-17(25-26)19(20,21)22)13-4-2-12(3-5-13)15-10-29-11-24-15/h2-11H,1H3. The van der Waals surface area contributed by atoms with E-state index in [0.717, 1.165) is 34.5 Å². The molecule has 0 fully saturated rings. The summed E-state index contributed by atoms with van der Waals surface area (Å²) < 4.78 is 64.2. The van der Waals surface area contributed by atoms with Crippen molar-refractivity contribution in [2.24, 2.45) is 0 Å². The van der Waals surface area contributed by atoms with E-state index in [2.05, 4.69) is 15.1 Å². The van der Waals surface area contributed by atoms with Gasteiger partial charge in [-0.05, 0) is 18.2 Å². The highest BCUT2D eigenvalue weighted by atomic mass is 32.2. The van der Waals surface area contributed by atoms with E-state index in [9.17, 15) is 21.6 Å². The van der Waals surface area contributed by atoms with Gasteiger partial charge in [0.2, 0.25) is 0 Å². The van der Waals surface area contributed by atoms with Crippen LogP contribution in [0.25, 0.3) is 28.3 Å². The summed E-state index contributed by atoms with van der Waals surface area (Å²) in [6, 6.07) is 10.4. The Balaban J connectivity index is 1.80. The van der Waals surface area contributed by atoms with E-state index in [0.29, 0.717) is 5.56 Å². The molecule has 0 spiro atoms. The van der Waals surface area contributed by atoms with Crippen LogP contribution in [0.3, 0.4) is 0 Å². The topological polar surface area (TPSA) is 77.7 Å². The molecule has 30 heavy (non-hydrogen) atoms. The van der Waals surface area contributed by atoms with E-state index < -0.39 is 21.7 Å². The van der Waals surface area contributed by atoms with Gasteiger partial charge in [-0.15, -0.1) is 11.3 Å². The number of sulfone groups is 1. The average molecular weight is 450 g/mol. The summed E-state index contributed by atoms with van der Waals surface area (Å²) >= 11 is 1.44. The molecule has 0 radical (unpaired) electrons. The van der Waals surface area contributed by atoms with Crippen LogP contribution in [0.5, 0.6) is 0 Å². The first-order valence-electron chi connectivity index (χ1n) is 8.46. The molecule has 0 unspecified atom stereocenters. The fourth-order valence-electron chi connectivity index (χ4n) is 2.78. The Kier molecular flexibility index (Phi) is 4.94. The molecule has 0 aliphatic carbocycles. The van der Waals surface area contributed by atoms with Gasteiger partial charge in [0, 0.05) is 29.0 Å². The van der Waals surface area contributed by atoms with Gasteiger partial charge in [-0.2, -0.15) is 18.3 Å².